The van der Waals surface area contributed by atoms with E-state index in [1.165, 1.54) is 35.0 Å². The summed E-state index contributed by atoms with van der Waals surface area (Å²) < 4.78 is 79.8. The summed E-state index contributed by atoms with van der Waals surface area (Å²) in [6.07, 6.45) is -4.21. The van der Waals surface area contributed by atoms with E-state index in [0.717, 1.165) is 6.07 Å². The zero-order valence-electron chi connectivity index (χ0n) is 18.5. The average Bonchev–Trinajstić information content (AvgIpc) is 2.80. The number of anilines is 1. The Morgan fingerprint density at radius 2 is 1.97 bits per heavy atom. The second kappa shape index (κ2) is 9.68. The maximum atomic E-state index is 14.4. The molecule has 186 valence electrons. The maximum Gasteiger partial charge on any atom is 0.401 e. The second-order valence-electron chi connectivity index (χ2n) is 8.19. The summed E-state index contributed by atoms with van der Waals surface area (Å²) in [5.41, 5.74) is 0.137. The van der Waals surface area contributed by atoms with Crippen molar-refractivity contribution in [2.75, 3.05) is 25.0 Å². The molecule has 0 unspecified atom stereocenters. The van der Waals surface area contributed by atoms with Crippen molar-refractivity contribution in [1.29, 1.82) is 0 Å². The van der Waals surface area contributed by atoms with Gasteiger partial charge < -0.3 is 5.32 Å². The molecule has 3 aromatic rings. The monoisotopic (exact) mass is 497 g/mol. The minimum absolute atomic E-state index is 0.0133. The van der Waals surface area contributed by atoms with Crippen molar-refractivity contribution in [1.82, 2.24) is 19.4 Å². The Kier molecular flexibility index (Phi) is 6.84. The van der Waals surface area contributed by atoms with Gasteiger partial charge in [0.25, 0.3) is 12.0 Å². The lowest BCUT2D eigenvalue weighted by Gasteiger charge is -2.27. The number of aromatic nitrogens is 3. The van der Waals surface area contributed by atoms with Crippen LogP contribution in [0.1, 0.15) is 29.5 Å². The number of aryl methyl sites for hydroxylation is 1. The Morgan fingerprint density at radius 3 is 2.63 bits per heavy atom. The van der Waals surface area contributed by atoms with Crippen LogP contribution in [0.25, 0.3) is 16.6 Å². The first-order valence-electron chi connectivity index (χ1n) is 10.7. The van der Waals surface area contributed by atoms with Gasteiger partial charge in [0.05, 0.1) is 17.5 Å². The third kappa shape index (κ3) is 5.31. The number of pyridine rings is 1. The number of nitrogens with one attached hydrogen (secondary N) is 1. The molecule has 0 saturated carbocycles. The number of hydrogen-bond donors (Lipinski definition) is 1. The molecule has 1 aliphatic rings. The van der Waals surface area contributed by atoms with E-state index in [-0.39, 0.29) is 48.6 Å². The highest BCUT2D eigenvalue weighted by Gasteiger charge is 2.31. The smallest absolute Gasteiger partial charge is 0.365 e. The molecular formula is C23H21F6N5O. The van der Waals surface area contributed by atoms with Crippen molar-refractivity contribution in [3.63, 3.8) is 0 Å². The number of fused-ring (bicyclic) bond motifs is 1. The van der Waals surface area contributed by atoms with Gasteiger partial charge >= 0.3 is 6.18 Å². The van der Waals surface area contributed by atoms with Crippen LogP contribution < -0.4 is 10.9 Å². The molecule has 0 fully saturated rings. The van der Waals surface area contributed by atoms with Crippen LogP contribution in [0.2, 0.25) is 0 Å². The van der Waals surface area contributed by atoms with Crippen LogP contribution in [-0.4, -0.2) is 45.2 Å². The molecule has 1 N–H and O–H groups in total. The predicted octanol–water partition coefficient (Wildman–Crippen LogP) is 4.67. The van der Waals surface area contributed by atoms with E-state index in [1.54, 1.807) is 12.1 Å². The van der Waals surface area contributed by atoms with E-state index >= 15 is 0 Å². The van der Waals surface area contributed by atoms with Crippen LogP contribution in [0.5, 0.6) is 0 Å². The fraction of sp³-hybridized carbons (Fsp3) is 0.348. The topological polar surface area (TPSA) is 63.1 Å². The lowest BCUT2D eigenvalue weighted by molar-refractivity contribution is -0.144. The number of nitrogens with zero attached hydrogens (tertiary/aromatic N) is 4. The third-order valence-electron chi connectivity index (χ3n) is 5.84. The summed E-state index contributed by atoms with van der Waals surface area (Å²) in [4.78, 5) is 22.5. The van der Waals surface area contributed by atoms with Crippen molar-refractivity contribution >= 4 is 22.4 Å². The highest BCUT2D eigenvalue weighted by Crippen LogP contribution is 2.28. The number of benzene rings is 1. The standard InChI is InChI=1S/C23H21F6N5O/c1-33-21-17(9-16(22(33)35)13-5-7-34(8-6-13)11-23(27,28)29)20(31-12-32-21)30-10-14-3-2-4-15(18(14)24)19(25)26/h2-5,9,12,19H,6-8,10-11H2,1H3,(H,30,31,32). The Labute approximate surface area is 195 Å². The molecule has 12 heteroatoms. The number of rotatable bonds is 6. The van der Waals surface area contributed by atoms with Crippen LogP contribution in [0.15, 0.2) is 41.5 Å². The number of alkyl halides is 5. The summed E-state index contributed by atoms with van der Waals surface area (Å²) in [5, 5.41) is 3.34. The summed E-state index contributed by atoms with van der Waals surface area (Å²) in [7, 11) is 1.51. The predicted molar refractivity (Wildman–Crippen MR) is 119 cm³/mol. The summed E-state index contributed by atoms with van der Waals surface area (Å²) in [5.74, 6) is -0.763. The second-order valence-corrected chi connectivity index (χ2v) is 8.19. The highest BCUT2D eigenvalue weighted by atomic mass is 19.4. The van der Waals surface area contributed by atoms with Crippen LogP contribution in [-0.2, 0) is 13.6 Å². The van der Waals surface area contributed by atoms with E-state index < -0.39 is 30.5 Å². The van der Waals surface area contributed by atoms with E-state index in [9.17, 15) is 31.1 Å². The van der Waals surface area contributed by atoms with E-state index in [1.807, 2.05) is 0 Å². The van der Waals surface area contributed by atoms with Gasteiger partial charge in [-0.15, -0.1) is 0 Å². The minimum atomic E-state index is -4.31. The van der Waals surface area contributed by atoms with E-state index in [0.29, 0.717) is 16.5 Å². The maximum absolute atomic E-state index is 14.4. The van der Waals surface area contributed by atoms with Gasteiger partial charge in [-0.1, -0.05) is 24.3 Å². The van der Waals surface area contributed by atoms with Crippen molar-refractivity contribution in [3.05, 3.63) is 69.5 Å². The zero-order chi connectivity index (χ0) is 25.3. The normalized spacial score (nSPS) is 15.0. The van der Waals surface area contributed by atoms with Crippen LogP contribution in [0.3, 0.4) is 0 Å². The quantitative estimate of drug-likeness (QED) is 0.502. The van der Waals surface area contributed by atoms with Crippen molar-refractivity contribution < 1.29 is 26.3 Å². The molecule has 0 bridgehead atoms. The van der Waals surface area contributed by atoms with Crippen molar-refractivity contribution in [2.24, 2.45) is 7.05 Å². The first kappa shape index (κ1) is 24.7. The van der Waals surface area contributed by atoms with Gasteiger partial charge in [-0.2, -0.15) is 13.2 Å². The molecular weight excluding hydrogens is 476 g/mol. The van der Waals surface area contributed by atoms with E-state index in [2.05, 4.69) is 15.3 Å². The van der Waals surface area contributed by atoms with Gasteiger partial charge in [0.1, 0.15) is 23.6 Å². The molecule has 1 aromatic carbocycles. The lowest BCUT2D eigenvalue weighted by atomic mass is 9.99. The Balaban J connectivity index is 1.65. The zero-order valence-corrected chi connectivity index (χ0v) is 18.5. The van der Waals surface area contributed by atoms with E-state index in [4.69, 9.17) is 0 Å². The van der Waals surface area contributed by atoms with Gasteiger partial charge in [-0.05, 0) is 18.1 Å². The molecule has 1 aliphatic heterocycles. The molecule has 0 amide bonds. The van der Waals surface area contributed by atoms with Crippen molar-refractivity contribution in [3.8, 4) is 0 Å². The van der Waals surface area contributed by atoms with Gasteiger partial charge in [0.15, 0.2) is 0 Å². The summed E-state index contributed by atoms with van der Waals surface area (Å²) in [6, 6.07) is 5.27. The van der Waals surface area contributed by atoms with Crippen LogP contribution >= 0.6 is 0 Å². The Bertz CT molecular complexity index is 1330. The van der Waals surface area contributed by atoms with Crippen LogP contribution in [0.4, 0.5) is 32.2 Å². The number of hydrogen-bond acceptors (Lipinski definition) is 5. The molecule has 3 heterocycles. The van der Waals surface area contributed by atoms with Gasteiger partial charge in [0.2, 0.25) is 0 Å². The third-order valence-corrected chi connectivity index (χ3v) is 5.84. The lowest BCUT2D eigenvalue weighted by Crippen LogP contribution is -2.37. The molecule has 0 atom stereocenters. The molecule has 0 saturated heterocycles. The fourth-order valence-corrected chi connectivity index (χ4v) is 4.08. The van der Waals surface area contributed by atoms with Gasteiger partial charge in [-0.3, -0.25) is 14.3 Å². The fourth-order valence-electron chi connectivity index (χ4n) is 4.08. The minimum Gasteiger partial charge on any atom is -0.365 e. The van der Waals surface area contributed by atoms with Crippen molar-refractivity contribution in [2.45, 2.75) is 25.6 Å². The largest absolute Gasteiger partial charge is 0.401 e. The molecule has 0 spiro atoms. The Hall–Kier alpha value is -3.41. The first-order chi connectivity index (χ1) is 16.5. The Morgan fingerprint density at radius 1 is 1.20 bits per heavy atom. The average molecular weight is 497 g/mol. The molecule has 0 aliphatic carbocycles. The SMILES string of the molecule is Cn1c(=O)c(C2=CCN(CC(F)(F)F)CC2)cc2c(NCc3cccc(C(F)F)c3F)ncnc21. The van der Waals surface area contributed by atoms with Gasteiger partial charge in [-0.25, -0.2) is 23.1 Å². The van der Waals surface area contributed by atoms with Crippen LogP contribution in [0, 0.1) is 5.82 Å². The molecule has 4 rings (SSSR count). The molecule has 6 nitrogen and oxygen atoms in total. The molecule has 35 heavy (non-hydrogen) atoms. The first-order valence-corrected chi connectivity index (χ1v) is 10.7. The number of halogens is 6. The summed E-state index contributed by atoms with van der Waals surface area (Å²) in [6.45, 7) is -0.988. The highest BCUT2D eigenvalue weighted by molar-refractivity contribution is 5.89. The summed E-state index contributed by atoms with van der Waals surface area (Å²) >= 11 is 0. The molecule has 2 aromatic heterocycles. The van der Waals surface area contributed by atoms with Gasteiger partial charge in [0, 0.05) is 37.8 Å². The molecule has 0 radical (unpaired) electrons.